The Labute approximate surface area is 266 Å². The molecular formula is C37H42N4O3S. The quantitative estimate of drug-likeness (QED) is 0.167. The lowest BCUT2D eigenvalue weighted by molar-refractivity contribution is 0.581. The number of nitrogens with zero attached hydrogens (tertiary/aromatic N) is 3. The summed E-state index contributed by atoms with van der Waals surface area (Å²) in [4.78, 5) is 13.4. The van der Waals surface area contributed by atoms with Gasteiger partial charge < -0.3 is 0 Å². The first-order valence-electron chi connectivity index (χ1n) is 15.5. The largest absolute Gasteiger partial charge is 0.346 e. The van der Waals surface area contributed by atoms with Crippen molar-refractivity contribution in [2.45, 2.75) is 76.9 Å². The standard InChI is InChI=1S/C37H42N4O3S/c1-5-40-35(39-41(36(40)42)27-29-20-22-33(23-21-29)37(2,3)4)19-11-13-28-12-9-15-31(24-28)32-16-10-14-30(25-32)26-38-45(43,44)34-17-7-6-8-18-34/h6-10,12,14-18,20-25,38H,5,11,13,19,26-27H2,1-4H3. The molecule has 0 radical (unpaired) electrons. The molecule has 0 atom stereocenters. The van der Waals surface area contributed by atoms with E-state index in [0.717, 1.165) is 40.9 Å². The normalized spacial score (nSPS) is 12.0. The maximum absolute atomic E-state index is 13.1. The van der Waals surface area contributed by atoms with Crippen molar-refractivity contribution in [2.75, 3.05) is 0 Å². The second-order valence-corrected chi connectivity index (χ2v) is 14.2. The Morgan fingerprint density at radius 2 is 1.40 bits per heavy atom. The van der Waals surface area contributed by atoms with E-state index >= 15 is 0 Å². The summed E-state index contributed by atoms with van der Waals surface area (Å²) >= 11 is 0. The molecule has 1 aromatic heterocycles. The van der Waals surface area contributed by atoms with Gasteiger partial charge in [-0.2, -0.15) is 5.10 Å². The molecule has 8 heteroatoms. The van der Waals surface area contributed by atoms with Gasteiger partial charge in [0, 0.05) is 19.5 Å². The molecule has 0 aliphatic rings. The maximum Gasteiger partial charge on any atom is 0.346 e. The van der Waals surface area contributed by atoms with E-state index in [0.29, 0.717) is 19.5 Å². The molecule has 234 valence electrons. The SMILES string of the molecule is CCn1c(CCCc2cccc(-c3cccc(CNS(=O)(=O)c4ccccc4)c3)c2)nn(Cc2ccc(C(C)(C)C)cc2)c1=O. The van der Waals surface area contributed by atoms with Crippen LogP contribution in [0.15, 0.2) is 113 Å². The number of hydrogen-bond acceptors (Lipinski definition) is 4. The van der Waals surface area contributed by atoms with Crippen molar-refractivity contribution >= 4 is 10.0 Å². The molecule has 0 aliphatic carbocycles. The van der Waals surface area contributed by atoms with Crippen LogP contribution in [-0.4, -0.2) is 22.8 Å². The summed E-state index contributed by atoms with van der Waals surface area (Å²) in [6, 6.07) is 33.2. The lowest BCUT2D eigenvalue weighted by atomic mass is 9.87. The molecule has 4 aromatic carbocycles. The highest BCUT2D eigenvalue weighted by atomic mass is 32.2. The van der Waals surface area contributed by atoms with Crippen LogP contribution in [-0.2, 0) is 47.9 Å². The predicted molar refractivity (Wildman–Crippen MR) is 181 cm³/mol. The van der Waals surface area contributed by atoms with Crippen LogP contribution in [0.4, 0.5) is 0 Å². The molecule has 45 heavy (non-hydrogen) atoms. The Morgan fingerprint density at radius 3 is 2.04 bits per heavy atom. The van der Waals surface area contributed by atoms with E-state index in [-0.39, 0.29) is 22.5 Å². The van der Waals surface area contributed by atoms with E-state index in [2.05, 4.69) is 74.0 Å². The number of hydrogen-bond donors (Lipinski definition) is 1. The molecule has 7 nitrogen and oxygen atoms in total. The van der Waals surface area contributed by atoms with Gasteiger partial charge in [-0.1, -0.05) is 106 Å². The van der Waals surface area contributed by atoms with Gasteiger partial charge in [0.05, 0.1) is 11.4 Å². The van der Waals surface area contributed by atoms with Crippen LogP contribution in [0.25, 0.3) is 11.1 Å². The first kappa shape index (κ1) is 32.1. The summed E-state index contributed by atoms with van der Waals surface area (Å²) in [6.07, 6.45) is 2.42. The van der Waals surface area contributed by atoms with Gasteiger partial charge in [0.2, 0.25) is 10.0 Å². The van der Waals surface area contributed by atoms with Gasteiger partial charge in [-0.15, -0.1) is 0 Å². The van der Waals surface area contributed by atoms with E-state index in [1.807, 2.05) is 31.2 Å². The third-order valence-electron chi connectivity index (χ3n) is 8.04. The minimum absolute atomic E-state index is 0.0691. The van der Waals surface area contributed by atoms with E-state index in [9.17, 15) is 13.2 Å². The van der Waals surface area contributed by atoms with Crippen molar-refractivity contribution in [1.29, 1.82) is 0 Å². The van der Waals surface area contributed by atoms with E-state index in [1.54, 1.807) is 39.6 Å². The van der Waals surface area contributed by atoms with E-state index in [1.165, 1.54) is 11.1 Å². The van der Waals surface area contributed by atoms with Gasteiger partial charge in [-0.25, -0.2) is 22.6 Å². The Bertz CT molecular complexity index is 1900. The first-order valence-corrected chi connectivity index (χ1v) is 17.0. The van der Waals surface area contributed by atoms with Gasteiger partial charge in [0.25, 0.3) is 0 Å². The fourth-order valence-electron chi connectivity index (χ4n) is 5.45. The molecule has 1 N–H and O–H groups in total. The molecule has 0 saturated carbocycles. The summed E-state index contributed by atoms with van der Waals surface area (Å²) in [5.41, 5.74) is 6.53. The number of aromatic nitrogens is 3. The van der Waals surface area contributed by atoms with Crippen LogP contribution >= 0.6 is 0 Å². The summed E-state index contributed by atoms with van der Waals surface area (Å²) in [7, 11) is -3.58. The lowest BCUT2D eigenvalue weighted by Crippen LogP contribution is -2.25. The van der Waals surface area contributed by atoms with E-state index in [4.69, 9.17) is 5.10 Å². The highest BCUT2D eigenvalue weighted by molar-refractivity contribution is 7.89. The molecular weight excluding hydrogens is 580 g/mol. The van der Waals surface area contributed by atoms with Crippen molar-refractivity contribution in [3.05, 3.63) is 142 Å². The highest BCUT2D eigenvalue weighted by Crippen LogP contribution is 2.24. The molecule has 0 spiro atoms. The number of rotatable bonds is 12. The molecule has 0 saturated heterocycles. The molecule has 1 heterocycles. The zero-order valence-electron chi connectivity index (χ0n) is 26.5. The van der Waals surface area contributed by atoms with Crippen LogP contribution in [0, 0.1) is 0 Å². The molecule has 0 aliphatic heterocycles. The number of sulfonamides is 1. The second-order valence-electron chi connectivity index (χ2n) is 12.4. The van der Waals surface area contributed by atoms with Gasteiger partial charge in [0.1, 0.15) is 5.82 Å². The van der Waals surface area contributed by atoms with Gasteiger partial charge in [0.15, 0.2) is 0 Å². The molecule has 0 amide bonds. The summed E-state index contributed by atoms with van der Waals surface area (Å²) in [5, 5.41) is 4.73. The Morgan fingerprint density at radius 1 is 0.756 bits per heavy atom. The lowest BCUT2D eigenvalue weighted by Gasteiger charge is -2.19. The zero-order valence-corrected chi connectivity index (χ0v) is 27.3. The molecule has 0 unspecified atom stereocenters. The number of nitrogens with one attached hydrogen (secondary N) is 1. The predicted octanol–water partition coefficient (Wildman–Crippen LogP) is 6.73. The molecule has 0 fully saturated rings. The molecule has 5 rings (SSSR count). The average molecular weight is 623 g/mol. The summed E-state index contributed by atoms with van der Waals surface area (Å²) in [5.74, 6) is 0.815. The van der Waals surface area contributed by atoms with Crippen molar-refractivity contribution in [3.63, 3.8) is 0 Å². The first-order chi connectivity index (χ1) is 21.5. The van der Waals surface area contributed by atoms with Gasteiger partial charge in [-0.3, -0.25) is 4.57 Å². The van der Waals surface area contributed by atoms with Crippen molar-refractivity contribution < 1.29 is 8.42 Å². The highest BCUT2D eigenvalue weighted by Gasteiger charge is 2.16. The van der Waals surface area contributed by atoms with Crippen molar-refractivity contribution in [1.82, 2.24) is 19.1 Å². The summed E-state index contributed by atoms with van der Waals surface area (Å²) in [6.45, 7) is 9.82. The third-order valence-corrected chi connectivity index (χ3v) is 9.46. The second kappa shape index (κ2) is 13.8. The van der Waals surface area contributed by atoms with Crippen LogP contribution < -0.4 is 10.4 Å². The average Bonchev–Trinajstić information content (AvgIpc) is 3.33. The van der Waals surface area contributed by atoms with Gasteiger partial charge in [-0.05, 0) is 76.8 Å². The van der Waals surface area contributed by atoms with E-state index < -0.39 is 10.0 Å². The smallest absolute Gasteiger partial charge is 0.279 e. The minimum atomic E-state index is -3.58. The third kappa shape index (κ3) is 8.07. The Hall–Kier alpha value is -4.27. The van der Waals surface area contributed by atoms with Gasteiger partial charge >= 0.3 is 5.69 Å². The van der Waals surface area contributed by atoms with Crippen LogP contribution in [0.2, 0.25) is 0 Å². The van der Waals surface area contributed by atoms with Crippen molar-refractivity contribution in [2.24, 2.45) is 0 Å². The maximum atomic E-state index is 13.1. The Balaban J connectivity index is 1.22. The topological polar surface area (TPSA) is 86.0 Å². The zero-order chi connectivity index (χ0) is 32.0. The Kier molecular flexibility index (Phi) is 9.85. The fraction of sp³-hybridized carbons (Fsp3) is 0.297. The van der Waals surface area contributed by atoms with Crippen LogP contribution in [0.3, 0.4) is 0 Å². The number of benzene rings is 4. The van der Waals surface area contributed by atoms with Crippen LogP contribution in [0.5, 0.6) is 0 Å². The van der Waals surface area contributed by atoms with Crippen molar-refractivity contribution in [3.8, 4) is 11.1 Å². The minimum Gasteiger partial charge on any atom is -0.279 e. The monoisotopic (exact) mass is 622 g/mol. The van der Waals surface area contributed by atoms with Crippen LogP contribution in [0.1, 0.15) is 62.2 Å². The summed E-state index contributed by atoms with van der Waals surface area (Å²) < 4.78 is 31.4. The molecule has 0 bridgehead atoms. The molecule has 5 aromatic rings. The fourth-order valence-corrected chi connectivity index (χ4v) is 6.49. The number of aryl methyl sites for hydroxylation is 2.